The van der Waals surface area contributed by atoms with Crippen molar-refractivity contribution in [1.29, 1.82) is 0 Å². The van der Waals surface area contributed by atoms with Gasteiger partial charge in [-0.15, -0.1) is 17.7 Å². The summed E-state index contributed by atoms with van der Waals surface area (Å²) in [6.45, 7) is 0. The van der Waals surface area contributed by atoms with Crippen LogP contribution in [0.2, 0.25) is 0 Å². The number of hydrogen-bond donors (Lipinski definition) is 3. The van der Waals surface area contributed by atoms with E-state index >= 15 is 0 Å². The van der Waals surface area contributed by atoms with Crippen LogP contribution in [0.25, 0.3) is 0 Å². The lowest BCUT2D eigenvalue weighted by molar-refractivity contribution is 0.980. The van der Waals surface area contributed by atoms with Crippen LogP contribution in [0.5, 0.6) is 0 Å². The number of aromatic nitrogens is 4. The molecule has 0 bridgehead atoms. The van der Waals surface area contributed by atoms with E-state index in [1.165, 1.54) is 6.33 Å². The fraction of sp³-hybridized carbons (Fsp3) is 0. The van der Waals surface area contributed by atoms with Gasteiger partial charge in [0.1, 0.15) is 6.33 Å². The summed E-state index contributed by atoms with van der Waals surface area (Å²) in [5, 5.41) is 6.52. The van der Waals surface area contributed by atoms with Crippen LogP contribution < -0.4 is 0 Å². The smallest absolute Gasteiger partial charge is 0.205 e. The van der Waals surface area contributed by atoms with Gasteiger partial charge in [-0.05, 0) is 12.1 Å². The predicted molar refractivity (Wildman–Crippen MR) is 44.4 cm³/mol. The number of nitrogens with one attached hydrogen (secondary N) is 2. The number of aromatic amines is 2. The predicted octanol–water partition coefficient (Wildman–Crippen LogP) is 1.11. The number of H-pyrrole nitrogens is 2. The zero-order chi connectivity index (χ0) is 7.94. The number of rotatable bonds is 0. The first-order valence-electron chi connectivity index (χ1n) is 3.02. The van der Waals surface area contributed by atoms with Crippen LogP contribution in [-0.2, 0) is 0 Å². The molecule has 0 aromatic carbocycles. The Balaban J connectivity index is 0.000000112. The third kappa shape index (κ3) is 3.47. The Bertz CT molecular complexity index is 233. The zero-order valence-corrected chi connectivity index (χ0v) is 6.62. The lowest BCUT2D eigenvalue weighted by atomic mass is 10.7. The molecule has 0 atom stereocenters. The van der Waals surface area contributed by atoms with Crippen LogP contribution in [0.1, 0.15) is 0 Å². The molecular weight excluding hydrogens is 160 g/mol. The van der Waals surface area contributed by atoms with E-state index in [9.17, 15) is 0 Å². The van der Waals surface area contributed by atoms with E-state index in [2.05, 4.69) is 32.8 Å². The summed E-state index contributed by atoms with van der Waals surface area (Å²) in [6, 6.07) is 3.89. The first-order valence-corrected chi connectivity index (χ1v) is 3.47. The summed E-state index contributed by atoms with van der Waals surface area (Å²) in [5.74, 6) is 0. The van der Waals surface area contributed by atoms with Crippen LogP contribution in [0.3, 0.4) is 0 Å². The van der Waals surface area contributed by atoms with E-state index in [0.717, 1.165) is 0 Å². The van der Waals surface area contributed by atoms with Gasteiger partial charge in [-0.2, -0.15) is 0 Å². The van der Waals surface area contributed by atoms with Crippen LogP contribution in [0.4, 0.5) is 0 Å². The Morgan fingerprint density at radius 3 is 2.18 bits per heavy atom. The number of hydrogen-bond acceptors (Lipinski definition) is 3. The molecule has 0 saturated carbocycles. The second-order valence-corrected chi connectivity index (χ2v) is 2.08. The van der Waals surface area contributed by atoms with Crippen LogP contribution in [0, 0.1) is 0 Å². The second-order valence-electron chi connectivity index (χ2n) is 1.68. The van der Waals surface area contributed by atoms with E-state index in [1.54, 1.807) is 0 Å². The minimum absolute atomic E-state index is 0.481. The minimum atomic E-state index is 0.481. The van der Waals surface area contributed by atoms with Gasteiger partial charge >= 0.3 is 0 Å². The Kier molecular flexibility index (Phi) is 3.27. The van der Waals surface area contributed by atoms with Crippen LogP contribution in [0.15, 0.2) is 36.0 Å². The zero-order valence-electron chi connectivity index (χ0n) is 5.73. The normalized spacial score (nSPS) is 8.45. The van der Waals surface area contributed by atoms with E-state index in [1.807, 2.05) is 24.5 Å². The molecule has 0 spiro atoms. The van der Waals surface area contributed by atoms with Crippen LogP contribution >= 0.6 is 12.6 Å². The summed E-state index contributed by atoms with van der Waals surface area (Å²) >= 11 is 3.78. The maximum atomic E-state index is 3.78. The van der Waals surface area contributed by atoms with E-state index in [-0.39, 0.29) is 0 Å². The SMILES string of the molecule is Sc1nc[nH]n1.c1cc[nH]c1. The molecule has 0 fully saturated rings. The van der Waals surface area contributed by atoms with Gasteiger partial charge in [-0.1, -0.05) is 0 Å². The van der Waals surface area contributed by atoms with Gasteiger partial charge in [0.05, 0.1) is 0 Å². The molecule has 0 radical (unpaired) electrons. The van der Waals surface area contributed by atoms with Crippen molar-refractivity contribution >= 4 is 12.6 Å². The molecular formula is C6H8N4S. The Hall–Kier alpha value is -1.23. The summed E-state index contributed by atoms with van der Waals surface area (Å²) in [5.41, 5.74) is 0. The van der Waals surface area contributed by atoms with Crippen molar-refractivity contribution in [1.82, 2.24) is 20.2 Å². The molecule has 2 N–H and O–H groups in total. The molecule has 0 aliphatic heterocycles. The highest BCUT2D eigenvalue weighted by Crippen LogP contribution is 1.86. The van der Waals surface area contributed by atoms with E-state index < -0.39 is 0 Å². The molecule has 0 unspecified atom stereocenters. The summed E-state index contributed by atoms with van der Waals surface area (Å²) < 4.78 is 0. The quantitative estimate of drug-likeness (QED) is 0.516. The molecule has 0 aliphatic rings. The third-order valence-electron chi connectivity index (χ3n) is 0.898. The molecule has 0 amide bonds. The van der Waals surface area contributed by atoms with Crippen molar-refractivity contribution in [3.8, 4) is 0 Å². The lowest BCUT2D eigenvalue weighted by Gasteiger charge is -1.62. The molecule has 4 nitrogen and oxygen atoms in total. The topological polar surface area (TPSA) is 57.4 Å². The molecule has 0 saturated heterocycles. The van der Waals surface area contributed by atoms with Crippen molar-refractivity contribution < 1.29 is 0 Å². The highest BCUT2D eigenvalue weighted by Gasteiger charge is 1.77. The molecule has 2 aromatic rings. The second kappa shape index (κ2) is 4.56. The molecule has 0 aliphatic carbocycles. The Morgan fingerprint density at radius 1 is 1.27 bits per heavy atom. The Labute approximate surface area is 69.5 Å². The average molecular weight is 168 g/mol. The van der Waals surface area contributed by atoms with Gasteiger partial charge < -0.3 is 4.98 Å². The third-order valence-corrected chi connectivity index (χ3v) is 1.11. The molecule has 2 rings (SSSR count). The Morgan fingerprint density at radius 2 is 2.00 bits per heavy atom. The van der Waals surface area contributed by atoms with Crippen molar-refractivity contribution in [2.45, 2.75) is 5.16 Å². The largest absolute Gasteiger partial charge is 0.368 e. The van der Waals surface area contributed by atoms with Gasteiger partial charge in [-0.3, -0.25) is 5.10 Å². The molecule has 2 aromatic heterocycles. The first kappa shape index (κ1) is 7.87. The average Bonchev–Trinajstić information content (AvgIpc) is 2.57. The molecule has 58 valence electrons. The lowest BCUT2D eigenvalue weighted by Crippen LogP contribution is -1.62. The highest BCUT2D eigenvalue weighted by atomic mass is 32.1. The maximum absolute atomic E-state index is 3.78. The fourth-order valence-corrected chi connectivity index (χ4v) is 0.595. The van der Waals surface area contributed by atoms with Crippen molar-refractivity contribution in [3.63, 3.8) is 0 Å². The van der Waals surface area contributed by atoms with Gasteiger partial charge in [-0.25, -0.2) is 4.98 Å². The molecule has 5 heteroatoms. The number of thiol groups is 1. The van der Waals surface area contributed by atoms with E-state index in [0.29, 0.717) is 5.16 Å². The molecule has 2 heterocycles. The summed E-state index contributed by atoms with van der Waals surface area (Å²) in [7, 11) is 0. The maximum Gasteiger partial charge on any atom is 0.205 e. The highest BCUT2D eigenvalue weighted by molar-refractivity contribution is 7.80. The van der Waals surface area contributed by atoms with Crippen molar-refractivity contribution in [2.24, 2.45) is 0 Å². The van der Waals surface area contributed by atoms with Gasteiger partial charge in [0.15, 0.2) is 0 Å². The monoisotopic (exact) mass is 168 g/mol. The van der Waals surface area contributed by atoms with Crippen molar-refractivity contribution in [3.05, 3.63) is 30.9 Å². The van der Waals surface area contributed by atoms with E-state index in [4.69, 9.17) is 0 Å². The van der Waals surface area contributed by atoms with Crippen LogP contribution in [-0.4, -0.2) is 20.2 Å². The van der Waals surface area contributed by atoms with Gasteiger partial charge in [0, 0.05) is 12.4 Å². The first-order chi connectivity index (χ1) is 5.39. The fourth-order valence-electron chi connectivity index (χ4n) is 0.480. The summed E-state index contributed by atoms with van der Waals surface area (Å²) in [6.07, 6.45) is 5.22. The number of nitrogens with zero attached hydrogens (tertiary/aromatic N) is 2. The molecule has 11 heavy (non-hydrogen) atoms. The minimum Gasteiger partial charge on any atom is -0.368 e. The van der Waals surface area contributed by atoms with Gasteiger partial charge in [0.2, 0.25) is 5.16 Å². The standard InChI is InChI=1S/C4H5N.C2H3N3S/c1-2-4-5-3-1;6-2-3-1-4-5-2/h1-5H;1H,(H2,3,4,5,6). The van der Waals surface area contributed by atoms with Gasteiger partial charge in [0.25, 0.3) is 0 Å². The summed E-state index contributed by atoms with van der Waals surface area (Å²) in [4.78, 5) is 6.48. The van der Waals surface area contributed by atoms with Crippen molar-refractivity contribution in [2.75, 3.05) is 0 Å².